The van der Waals surface area contributed by atoms with Crippen LogP contribution in [0.2, 0.25) is 5.02 Å². The zero-order valence-corrected chi connectivity index (χ0v) is 12.2. The zero-order valence-electron chi connectivity index (χ0n) is 11.4. The van der Waals surface area contributed by atoms with Crippen LogP contribution in [-0.2, 0) is 4.79 Å². The molecule has 1 rings (SSSR count). The first kappa shape index (κ1) is 16.2. The average molecular weight is 303 g/mol. The van der Waals surface area contributed by atoms with Crippen molar-refractivity contribution in [3.63, 3.8) is 0 Å². The molecule has 0 saturated carbocycles. The molecule has 0 bridgehead atoms. The van der Waals surface area contributed by atoms with E-state index in [0.29, 0.717) is 0 Å². The van der Waals surface area contributed by atoms with Gasteiger partial charge in [0.15, 0.2) is 5.82 Å². The molecule has 0 unspecified atom stereocenters. The van der Waals surface area contributed by atoms with Gasteiger partial charge in [-0.05, 0) is 32.9 Å². The second kappa shape index (κ2) is 6.09. The van der Waals surface area contributed by atoms with Gasteiger partial charge in [-0.1, -0.05) is 17.7 Å². The van der Waals surface area contributed by atoms with E-state index < -0.39 is 23.4 Å². The van der Waals surface area contributed by atoms with Crippen LogP contribution in [0.1, 0.15) is 20.8 Å². The summed E-state index contributed by atoms with van der Waals surface area (Å²) in [5.74, 6) is -1.91. The molecular weight excluding hydrogens is 287 g/mol. The van der Waals surface area contributed by atoms with E-state index in [2.05, 4.69) is 5.32 Å². The molecule has 7 heteroatoms. The van der Waals surface area contributed by atoms with Crippen molar-refractivity contribution in [1.29, 1.82) is 0 Å². The quantitative estimate of drug-likeness (QED) is 0.897. The Morgan fingerprint density at radius 1 is 1.45 bits per heavy atom. The molecule has 2 amide bonds. The SMILES string of the molecule is CCN(C(=O)Nc1cccc(Cl)c1F)C(C)(C)C(=O)O. The predicted octanol–water partition coefficient (Wildman–Crippen LogP) is 3.20. The highest BCUT2D eigenvalue weighted by Crippen LogP contribution is 2.23. The van der Waals surface area contributed by atoms with E-state index in [1.165, 1.54) is 32.0 Å². The van der Waals surface area contributed by atoms with E-state index in [1.807, 2.05) is 0 Å². The van der Waals surface area contributed by atoms with Gasteiger partial charge in [-0.25, -0.2) is 14.0 Å². The first-order valence-corrected chi connectivity index (χ1v) is 6.35. The van der Waals surface area contributed by atoms with Crippen molar-refractivity contribution in [3.8, 4) is 0 Å². The van der Waals surface area contributed by atoms with Crippen molar-refractivity contribution in [2.75, 3.05) is 11.9 Å². The van der Waals surface area contributed by atoms with Crippen LogP contribution in [-0.4, -0.2) is 34.1 Å². The third kappa shape index (κ3) is 3.19. The van der Waals surface area contributed by atoms with E-state index in [4.69, 9.17) is 16.7 Å². The molecule has 5 nitrogen and oxygen atoms in total. The number of amides is 2. The number of benzene rings is 1. The van der Waals surface area contributed by atoms with Crippen molar-refractivity contribution in [1.82, 2.24) is 4.90 Å². The molecule has 0 aromatic heterocycles. The molecule has 0 atom stereocenters. The number of carboxylic acids is 1. The molecule has 0 spiro atoms. The number of carboxylic acid groups (broad SMARTS) is 1. The number of anilines is 1. The van der Waals surface area contributed by atoms with E-state index in [1.54, 1.807) is 6.92 Å². The van der Waals surface area contributed by atoms with Gasteiger partial charge in [-0.15, -0.1) is 0 Å². The fourth-order valence-electron chi connectivity index (χ4n) is 1.69. The number of aliphatic carboxylic acids is 1. The molecule has 0 aliphatic rings. The summed E-state index contributed by atoms with van der Waals surface area (Å²) in [5, 5.41) is 11.3. The molecule has 1 aromatic carbocycles. The fraction of sp³-hybridized carbons (Fsp3) is 0.385. The minimum atomic E-state index is -1.41. The Morgan fingerprint density at radius 3 is 2.55 bits per heavy atom. The molecule has 2 N–H and O–H groups in total. The lowest BCUT2D eigenvalue weighted by Gasteiger charge is -2.34. The van der Waals surface area contributed by atoms with Gasteiger partial charge in [0.2, 0.25) is 0 Å². The topological polar surface area (TPSA) is 69.6 Å². The maximum absolute atomic E-state index is 13.7. The number of nitrogens with zero attached hydrogens (tertiary/aromatic N) is 1. The summed E-state index contributed by atoms with van der Waals surface area (Å²) in [6.45, 7) is 4.59. The Hall–Kier alpha value is -1.82. The van der Waals surface area contributed by atoms with Crippen LogP contribution in [0.15, 0.2) is 18.2 Å². The van der Waals surface area contributed by atoms with E-state index in [9.17, 15) is 14.0 Å². The molecule has 0 aliphatic carbocycles. The lowest BCUT2D eigenvalue weighted by molar-refractivity contribution is -0.147. The number of urea groups is 1. The van der Waals surface area contributed by atoms with E-state index >= 15 is 0 Å². The Morgan fingerprint density at radius 2 is 2.05 bits per heavy atom. The average Bonchev–Trinajstić information content (AvgIpc) is 2.35. The van der Waals surface area contributed by atoms with Gasteiger partial charge < -0.3 is 15.3 Å². The summed E-state index contributed by atoms with van der Waals surface area (Å²) in [7, 11) is 0. The third-order valence-electron chi connectivity index (χ3n) is 2.95. The number of hydrogen-bond donors (Lipinski definition) is 2. The molecule has 1 aromatic rings. The summed E-state index contributed by atoms with van der Waals surface area (Å²) in [6.07, 6.45) is 0. The monoisotopic (exact) mass is 302 g/mol. The first-order valence-electron chi connectivity index (χ1n) is 5.97. The summed E-state index contributed by atoms with van der Waals surface area (Å²) in [5.41, 5.74) is -1.50. The van der Waals surface area contributed by atoms with Gasteiger partial charge in [-0.3, -0.25) is 0 Å². The number of halogens is 2. The number of hydrogen-bond acceptors (Lipinski definition) is 2. The minimum Gasteiger partial charge on any atom is -0.480 e. The predicted molar refractivity (Wildman–Crippen MR) is 74.5 cm³/mol. The van der Waals surface area contributed by atoms with Crippen molar-refractivity contribution in [2.24, 2.45) is 0 Å². The van der Waals surface area contributed by atoms with Gasteiger partial charge in [0.1, 0.15) is 5.54 Å². The largest absolute Gasteiger partial charge is 0.480 e. The highest BCUT2D eigenvalue weighted by Gasteiger charge is 2.37. The molecule has 0 aliphatic heterocycles. The van der Waals surface area contributed by atoms with E-state index in [0.717, 1.165) is 4.90 Å². The second-order valence-corrected chi connectivity index (χ2v) is 5.05. The number of carbonyl (C=O) groups excluding carboxylic acids is 1. The molecule has 110 valence electrons. The van der Waals surface area contributed by atoms with Crippen molar-refractivity contribution < 1.29 is 19.1 Å². The summed E-state index contributed by atoms with van der Waals surface area (Å²) in [6, 6.07) is 3.48. The third-order valence-corrected chi connectivity index (χ3v) is 3.24. The van der Waals surface area contributed by atoms with Gasteiger partial charge in [0, 0.05) is 6.54 Å². The summed E-state index contributed by atoms with van der Waals surface area (Å²) in [4.78, 5) is 24.4. The van der Waals surface area contributed by atoms with Gasteiger partial charge in [0.25, 0.3) is 0 Å². The van der Waals surface area contributed by atoms with E-state index in [-0.39, 0.29) is 17.3 Å². The number of carbonyl (C=O) groups is 2. The maximum Gasteiger partial charge on any atom is 0.329 e. The fourth-order valence-corrected chi connectivity index (χ4v) is 1.87. The molecule has 0 radical (unpaired) electrons. The van der Waals surface area contributed by atoms with Crippen LogP contribution < -0.4 is 5.32 Å². The molecule has 0 saturated heterocycles. The molecular formula is C13H16ClFN2O3. The van der Waals surface area contributed by atoms with Crippen LogP contribution in [0.3, 0.4) is 0 Å². The minimum absolute atomic E-state index is 0.0952. The number of likely N-dealkylation sites (N-methyl/N-ethyl adjacent to an activating group) is 1. The smallest absolute Gasteiger partial charge is 0.329 e. The lowest BCUT2D eigenvalue weighted by Crippen LogP contribution is -2.54. The number of rotatable bonds is 4. The normalized spacial score (nSPS) is 11.1. The Bertz CT molecular complexity index is 534. The Kier molecular flexibility index (Phi) is 4.94. The van der Waals surface area contributed by atoms with Crippen molar-refractivity contribution >= 4 is 29.3 Å². The highest BCUT2D eigenvalue weighted by molar-refractivity contribution is 6.31. The van der Waals surface area contributed by atoms with Crippen LogP contribution in [0, 0.1) is 5.82 Å². The first-order chi connectivity index (χ1) is 9.21. The molecule has 20 heavy (non-hydrogen) atoms. The van der Waals surface area contributed by atoms with Crippen molar-refractivity contribution in [2.45, 2.75) is 26.3 Å². The maximum atomic E-state index is 13.7. The van der Waals surface area contributed by atoms with Crippen LogP contribution >= 0.6 is 11.6 Å². The van der Waals surface area contributed by atoms with Gasteiger partial charge in [-0.2, -0.15) is 0 Å². The molecule has 0 heterocycles. The van der Waals surface area contributed by atoms with Gasteiger partial charge in [0.05, 0.1) is 10.7 Å². The molecule has 0 fully saturated rings. The zero-order chi connectivity index (χ0) is 15.5. The summed E-state index contributed by atoms with van der Waals surface area (Å²) < 4.78 is 13.7. The van der Waals surface area contributed by atoms with Crippen LogP contribution in [0.5, 0.6) is 0 Å². The second-order valence-electron chi connectivity index (χ2n) is 4.64. The highest BCUT2D eigenvalue weighted by atomic mass is 35.5. The van der Waals surface area contributed by atoms with Crippen molar-refractivity contribution in [3.05, 3.63) is 29.0 Å². The number of nitrogens with one attached hydrogen (secondary N) is 1. The van der Waals surface area contributed by atoms with Crippen LogP contribution in [0.25, 0.3) is 0 Å². The Labute approximate surface area is 121 Å². The lowest BCUT2D eigenvalue weighted by atomic mass is 10.0. The standard InChI is InChI=1S/C13H16ClFN2O3/c1-4-17(13(2,3)11(18)19)12(20)16-9-7-5-6-8(14)10(9)15/h5-7H,4H2,1-3H3,(H,16,20)(H,18,19). The Balaban J connectivity index is 3.00. The van der Waals surface area contributed by atoms with Crippen LogP contribution in [0.4, 0.5) is 14.9 Å². The summed E-state index contributed by atoms with van der Waals surface area (Å²) >= 11 is 5.62. The van der Waals surface area contributed by atoms with Gasteiger partial charge >= 0.3 is 12.0 Å².